The molecule has 0 aliphatic carbocycles. The monoisotopic (exact) mass is 289 g/mol. The second kappa shape index (κ2) is 11.7. The lowest BCUT2D eigenvalue weighted by atomic mass is 10.2. The van der Waals surface area contributed by atoms with Gasteiger partial charge in [-0.2, -0.15) is 5.26 Å². The van der Waals surface area contributed by atoms with Gasteiger partial charge < -0.3 is 15.4 Å². The third-order valence-corrected chi connectivity index (χ3v) is 2.93. The first-order chi connectivity index (χ1) is 10.3. The quantitative estimate of drug-likeness (QED) is 0.649. The Morgan fingerprint density at radius 1 is 1.10 bits per heavy atom. The second-order valence-electron chi connectivity index (χ2n) is 4.71. The normalized spacial score (nSPS) is 9.86. The summed E-state index contributed by atoms with van der Waals surface area (Å²) in [6, 6.07) is 11.7. The number of benzene rings is 1. The topological polar surface area (TPSA) is 74.2 Å². The van der Waals surface area contributed by atoms with Crippen LogP contribution in [0.15, 0.2) is 30.3 Å². The molecule has 1 aromatic rings. The minimum atomic E-state index is -0.369. The maximum absolute atomic E-state index is 11.4. The van der Waals surface area contributed by atoms with E-state index in [4.69, 9.17) is 10.00 Å². The average molecular weight is 289 g/mol. The molecule has 1 amide bonds. The molecule has 0 aromatic heterocycles. The van der Waals surface area contributed by atoms with Gasteiger partial charge in [0.05, 0.1) is 6.07 Å². The summed E-state index contributed by atoms with van der Waals surface area (Å²) in [6.07, 6.45) is 3.20. The van der Waals surface area contributed by atoms with Crippen molar-refractivity contribution in [3.8, 4) is 6.07 Å². The van der Waals surface area contributed by atoms with Crippen LogP contribution in [-0.4, -0.2) is 25.7 Å². The molecule has 0 atom stereocenters. The van der Waals surface area contributed by atoms with Crippen molar-refractivity contribution in [1.82, 2.24) is 10.6 Å². The first-order valence-corrected chi connectivity index (χ1v) is 7.35. The summed E-state index contributed by atoms with van der Waals surface area (Å²) >= 11 is 0. The Hall–Kier alpha value is -2.06. The molecule has 5 heteroatoms. The number of hydrogen-bond acceptors (Lipinski definition) is 4. The van der Waals surface area contributed by atoms with Gasteiger partial charge in [-0.15, -0.1) is 0 Å². The van der Waals surface area contributed by atoms with Crippen molar-refractivity contribution in [2.45, 2.75) is 32.3 Å². The van der Waals surface area contributed by atoms with Crippen LogP contribution in [0, 0.1) is 11.3 Å². The van der Waals surface area contributed by atoms with Gasteiger partial charge in [-0.05, 0) is 24.9 Å². The fraction of sp³-hybridized carbons (Fsp3) is 0.500. The largest absolute Gasteiger partial charge is 0.445 e. The summed E-state index contributed by atoms with van der Waals surface area (Å²) < 4.78 is 5.11. The Bertz CT molecular complexity index is 429. The van der Waals surface area contributed by atoms with E-state index in [1.165, 1.54) is 0 Å². The van der Waals surface area contributed by atoms with Crippen molar-refractivity contribution < 1.29 is 9.53 Å². The fourth-order valence-electron chi connectivity index (χ4n) is 1.79. The Labute approximate surface area is 126 Å². The Balaban J connectivity index is 1.91. The van der Waals surface area contributed by atoms with Crippen LogP contribution in [0.4, 0.5) is 4.79 Å². The number of nitrogens with zero attached hydrogens (tertiary/aromatic N) is 1. The van der Waals surface area contributed by atoms with Gasteiger partial charge in [0.15, 0.2) is 0 Å². The van der Waals surface area contributed by atoms with Crippen LogP contribution in [-0.2, 0) is 11.3 Å². The second-order valence-corrected chi connectivity index (χ2v) is 4.71. The van der Waals surface area contributed by atoms with Crippen molar-refractivity contribution >= 4 is 6.09 Å². The van der Waals surface area contributed by atoms with Crippen LogP contribution in [0.5, 0.6) is 0 Å². The van der Waals surface area contributed by atoms with Crippen molar-refractivity contribution in [2.75, 3.05) is 19.6 Å². The molecule has 2 N–H and O–H groups in total. The summed E-state index contributed by atoms with van der Waals surface area (Å²) in [5.41, 5.74) is 0.982. The van der Waals surface area contributed by atoms with E-state index in [-0.39, 0.29) is 6.09 Å². The number of rotatable bonds is 10. The molecule has 21 heavy (non-hydrogen) atoms. The molecular formula is C16H23N3O2. The number of hydrogen-bond donors (Lipinski definition) is 2. The van der Waals surface area contributed by atoms with E-state index in [0.29, 0.717) is 19.6 Å². The highest BCUT2D eigenvalue weighted by Crippen LogP contribution is 2.00. The van der Waals surface area contributed by atoms with E-state index in [9.17, 15) is 4.79 Å². The number of carbonyl (C=O) groups excluding carboxylic acids is 1. The van der Waals surface area contributed by atoms with Gasteiger partial charge in [0.2, 0.25) is 0 Å². The van der Waals surface area contributed by atoms with Crippen LogP contribution in [0.1, 0.15) is 31.2 Å². The maximum Gasteiger partial charge on any atom is 0.407 e. The lowest BCUT2D eigenvalue weighted by Crippen LogP contribution is -2.25. The molecule has 0 radical (unpaired) electrons. The average Bonchev–Trinajstić information content (AvgIpc) is 2.52. The summed E-state index contributed by atoms with van der Waals surface area (Å²) in [5, 5.41) is 14.3. The van der Waals surface area contributed by atoms with Crippen molar-refractivity contribution in [3.63, 3.8) is 0 Å². The molecule has 0 fully saturated rings. The summed E-state index contributed by atoms with van der Waals surface area (Å²) in [6.45, 7) is 2.60. The van der Waals surface area contributed by atoms with E-state index < -0.39 is 0 Å². The van der Waals surface area contributed by atoms with Crippen LogP contribution in [0.25, 0.3) is 0 Å². The van der Waals surface area contributed by atoms with Crippen molar-refractivity contribution in [2.24, 2.45) is 0 Å². The molecule has 0 bridgehead atoms. The molecule has 1 aromatic carbocycles. The molecule has 0 heterocycles. The number of nitriles is 1. The van der Waals surface area contributed by atoms with E-state index in [0.717, 1.165) is 37.9 Å². The van der Waals surface area contributed by atoms with Gasteiger partial charge >= 0.3 is 6.09 Å². The smallest absolute Gasteiger partial charge is 0.407 e. The van der Waals surface area contributed by atoms with E-state index >= 15 is 0 Å². The highest BCUT2D eigenvalue weighted by atomic mass is 16.5. The highest BCUT2D eigenvalue weighted by Gasteiger charge is 2.01. The third-order valence-electron chi connectivity index (χ3n) is 2.93. The van der Waals surface area contributed by atoms with Gasteiger partial charge in [0.1, 0.15) is 6.61 Å². The number of unbranched alkanes of at least 4 members (excludes halogenated alkanes) is 2. The van der Waals surface area contributed by atoms with E-state index in [1.807, 2.05) is 30.3 Å². The minimum Gasteiger partial charge on any atom is -0.445 e. The van der Waals surface area contributed by atoms with Crippen molar-refractivity contribution in [1.29, 1.82) is 5.26 Å². The number of nitrogens with one attached hydrogen (secondary N) is 2. The predicted octanol–water partition coefficient (Wildman–Crippen LogP) is 2.59. The lowest BCUT2D eigenvalue weighted by Gasteiger charge is -2.07. The first-order valence-electron chi connectivity index (χ1n) is 7.35. The summed E-state index contributed by atoms with van der Waals surface area (Å²) in [7, 11) is 0. The minimum absolute atomic E-state index is 0.301. The number of ether oxygens (including phenoxy) is 1. The van der Waals surface area contributed by atoms with Crippen molar-refractivity contribution in [3.05, 3.63) is 35.9 Å². The summed E-state index contributed by atoms with van der Waals surface area (Å²) in [5.74, 6) is 0. The SMILES string of the molecule is N#CCCNCCCCCNC(=O)OCc1ccccc1. The third kappa shape index (κ3) is 9.47. The molecule has 0 aliphatic rings. The van der Waals surface area contributed by atoms with Crippen LogP contribution >= 0.6 is 0 Å². The molecule has 0 unspecified atom stereocenters. The number of amides is 1. The zero-order valence-corrected chi connectivity index (χ0v) is 12.3. The van der Waals surface area contributed by atoms with E-state index in [2.05, 4.69) is 16.7 Å². The Morgan fingerprint density at radius 3 is 2.62 bits per heavy atom. The van der Waals surface area contributed by atoms with Gasteiger partial charge in [0, 0.05) is 19.5 Å². The number of carbonyl (C=O) groups is 1. The van der Waals surface area contributed by atoms with Gasteiger partial charge in [-0.3, -0.25) is 0 Å². The fourth-order valence-corrected chi connectivity index (χ4v) is 1.79. The van der Waals surface area contributed by atoms with Gasteiger partial charge in [-0.25, -0.2) is 4.79 Å². The maximum atomic E-state index is 11.4. The predicted molar refractivity (Wildman–Crippen MR) is 81.6 cm³/mol. The Morgan fingerprint density at radius 2 is 1.86 bits per heavy atom. The zero-order chi connectivity index (χ0) is 15.2. The Kier molecular flexibility index (Phi) is 9.50. The summed E-state index contributed by atoms with van der Waals surface area (Å²) in [4.78, 5) is 11.4. The van der Waals surface area contributed by atoms with E-state index in [1.54, 1.807) is 0 Å². The molecule has 0 spiro atoms. The van der Waals surface area contributed by atoms with Crippen LogP contribution in [0.2, 0.25) is 0 Å². The molecule has 0 saturated carbocycles. The standard InChI is InChI=1S/C16H23N3O2/c17-10-7-12-18-11-5-2-6-13-19-16(20)21-14-15-8-3-1-4-9-15/h1,3-4,8-9,18H,2,5-7,11-14H2,(H,19,20). The number of alkyl carbamates (subject to hydrolysis) is 1. The molecule has 0 aliphatic heterocycles. The zero-order valence-electron chi connectivity index (χ0n) is 12.3. The first kappa shape index (κ1) is 17.0. The van der Waals surface area contributed by atoms with Crippen LogP contribution < -0.4 is 10.6 Å². The molecule has 114 valence electrons. The van der Waals surface area contributed by atoms with Crippen LogP contribution in [0.3, 0.4) is 0 Å². The van der Waals surface area contributed by atoms with Gasteiger partial charge in [-0.1, -0.05) is 36.8 Å². The molecular weight excluding hydrogens is 266 g/mol. The lowest BCUT2D eigenvalue weighted by molar-refractivity contribution is 0.139. The molecule has 1 rings (SSSR count). The molecule has 0 saturated heterocycles. The van der Waals surface area contributed by atoms with Gasteiger partial charge in [0.25, 0.3) is 0 Å². The highest BCUT2D eigenvalue weighted by molar-refractivity contribution is 5.67. The molecule has 5 nitrogen and oxygen atoms in total.